The summed E-state index contributed by atoms with van der Waals surface area (Å²) < 4.78 is 10.6. The second kappa shape index (κ2) is 7.97. The lowest BCUT2D eigenvalue weighted by molar-refractivity contribution is -0.113. The fourth-order valence-corrected chi connectivity index (χ4v) is 5.41. The van der Waals surface area contributed by atoms with Crippen LogP contribution in [-0.2, 0) is 22.4 Å². The molecule has 0 saturated heterocycles. The summed E-state index contributed by atoms with van der Waals surface area (Å²) in [5.41, 5.74) is 2.99. The van der Waals surface area contributed by atoms with Crippen molar-refractivity contribution >= 4 is 51.1 Å². The number of ether oxygens (including phenoxy) is 1. The zero-order chi connectivity index (χ0) is 19.7. The minimum atomic E-state index is -0.394. The van der Waals surface area contributed by atoms with Gasteiger partial charge in [0, 0.05) is 4.88 Å². The Morgan fingerprint density at radius 1 is 1.39 bits per heavy atom. The number of hydrogen-bond donors (Lipinski definition) is 1. The molecule has 1 aromatic carbocycles. The summed E-state index contributed by atoms with van der Waals surface area (Å²) in [6.07, 6.45) is 2.80. The van der Waals surface area contributed by atoms with Crippen molar-refractivity contribution in [1.29, 1.82) is 0 Å². The second-order valence-electron chi connectivity index (χ2n) is 6.83. The van der Waals surface area contributed by atoms with Gasteiger partial charge in [-0.2, -0.15) is 0 Å². The van der Waals surface area contributed by atoms with Crippen LogP contribution >= 0.6 is 23.1 Å². The third-order valence-electron chi connectivity index (χ3n) is 4.76. The third kappa shape index (κ3) is 3.79. The van der Waals surface area contributed by atoms with Gasteiger partial charge >= 0.3 is 5.97 Å². The number of nitrogens with zero attached hydrogens (tertiary/aromatic N) is 1. The van der Waals surface area contributed by atoms with Crippen LogP contribution in [0, 0.1) is 5.92 Å². The van der Waals surface area contributed by atoms with Crippen LogP contribution in [0.25, 0.3) is 11.1 Å². The maximum Gasteiger partial charge on any atom is 0.341 e. The highest BCUT2D eigenvalue weighted by Gasteiger charge is 2.28. The normalized spacial score (nSPS) is 16.0. The van der Waals surface area contributed by atoms with Gasteiger partial charge in [-0.3, -0.25) is 4.79 Å². The van der Waals surface area contributed by atoms with Crippen LogP contribution in [0.15, 0.2) is 33.9 Å². The van der Waals surface area contributed by atoms with E-state index in [1.54, 1.807) is 0 Å². The summed E-state index contributed by atoms with van der Waals surface area (Å²) in [4.78, 5) is 30.3. The van der Waals surface area contributed by atoms with Crippen LogP contribution in [0.5, 0.6) is 0 Å². The first-order chi connectivity index (χ1) is 13.5. The number of carbonyl (C=O) groups excluding carboxylic acids is 2. The highest BCUT2D eigenvalue weighted by molar-refractivity contribution is 7.99. The van der Waals surface area contributed by atoms with E-state index in [2.05, 4.69) is 17.2 Å². The molecule has 2 heterocycles. The van der Waals surface area contributed by atoms with Crippen LogP contribution in [0.4, 0.5) is 5.00 Å². The summed E-state index contributed by atoms with van der Waals surface area (Å²) in [7, 11) is 1.37. The largest absolute Gasteiger partial charge is 0.465 e. The number of methoxy groups -OCH3 is 1. The molecule has 1 N–H and O–H groups in total. The molecule has 6 nitrogen and oxygen atoms in total. The van der Waals surface area contributed by atoms with E-state index in [0.717, 1.165) is 30.3 Å². The fourth-order valence-electron chi connectivity index (χ4n) is 3.36. The average molecular weight is 417 g/mol. The van der Waals surface area contributed by atoms with Crippen LogP contribution < -0.4 is 5.32 Å². The maximum absolute atomic E-state index is 12.5. The molecule has 0 aliphatic heterocycles. The second-order valence-corrected chi connectivity index (χ2v) is 8.86. The van der Waals surface area contributed by atoms with Crippen LogP contribution in [0.3, 0.4) is 0 Å². The monoisotopic (exact) mass is 416 g/mol. The van der Waals surface area contributed by atoms with E-state index < -0.39 is 5.97 Å². The topological polar surface area (TPSA) is 81.4 Å². The van der Waals surface area contributed by atoms with Gasteiger partial charge in [0.25, 0.3) is 5.22 Å². The number of nitrogens with one attached hydrogen (secondary N) is 1. The summed E-state index contributed by atoms with van der Waals surface area (Å²) in [5, 5.41) is 3.92. The van der Waals surface area contributed by atoms with E-state index in [0.29, 0.717) is 27.3 Å². The minimum Gasteiger partial charge on any atom is -0.465 e. The zero-order valence-electron chi connectivity index (χ0n) is 15.6. The molecule has 1 aliphatic rings. The van der Waals surface area contributed by atoms with Crippen molar-refractivity contribution in [2.45, 2.75) is 31.4 Å². The molecule has 3 aromatic rings. The Balaban J connectivity index is 1.48. The van der Waals surface area contributed by atoms with Gasteiger partial charge in [0.1, 0.15) is 10.5 Å². The highest BCUT2D eigenvalue weighted by atomic mass is 32.2. The van der Waals surface area contributed by atoms with Crippen molar-refractivity contribution in [2.24, 2.45) is 5.92 Å². The fraction of sp³-hybridized carbons (Fsp3) is 0.350. The third-order valence-corrected chi connectivity index (χ3v) is 6.75. The Hall–Kier alpha value is -2.32. The maximum atomic E-state index is 12.5. The van der Waals surface area contributed by atoms with E-state index in [1.165, 1.54) is 35.1 Å². The SMILES string of the molecule is COC(=O)c1c(NC(=O)CSc2nc3ccccc3o2)sc2c1CCC(C)C2. The number of thioether (sulfide) groups is 1. The Kier molecular flexibility index (Phi) is 5.41. The first-order valence-electron chi connectivity index (χ1n) is 9.06. The molecule has 0 fully saturated rings. The average Bonchev–Trinajstić information content (AvgIpc) is 3.25. The van der Waals surface area contributed by atoms with E-state index in [4.69, 9.17) is 9.15 Å². The minimum absolute atomic E-state index is 0.145. The van der Waals surface area contributed by atoms with Crippen molar-refractivity contribution in [3.8, 4) is 0 Å². The molecule has 1 atom stereocenters. The number of amides is 1. The molecule has 8 heteroatoms. The molecule has 146 valence electrons. The Bertz CT molecular complexity index is 1010. The van der Waals surface area contributed by atoms with Gasteiger partial charge in [0.15, 0.2) is 5.58 Å². The number of esters is 1. The number of hydrogen-bond acceptors (Lipinski definition) is 7. The quantitative estimate of drug-likeness (QED) is 0.486. The zero-order valence-corrected chi connectivity index (χ0v) is 17.2. The number of benzene rings is 1. The number of fused-ring (bicyclic) bond motifs is 2. The Labute approximate surface area is 170 Å². The smallest absolute Gasteiger partial charge is 0.341 e. The van der Waals surface area contributed by atoms with Crippen LogP contribution in [0.2, 0.25) is 0 Å². The van der Waals surface area contributed by atoms with Gasteiger partial charge in [-0.15, -0.1) is 11.3 Å². The standard InChI is InChI=1S/C20H20N2O4S2/c1-11-7-8-12-15(9-11)28-18(17(12)19(24)25-2)22-16(23)10-27-20-21-13-5-3-4-6-14(13)26-20/h3-6,11H,7-10H2,1-2H3,(H,22,23). The predicted molar refractivity (Wildman–Crippen MR) is 110 cm³/mol. The molecular weight excluding hydrogens is 396 g/mol. The van der Waals surface area contributed by atoms with Gasteiger partial charge < -0.3 is 14.5 Å². The lowest BCUT2D eigenvalue weighted by Gasteiger charge is -2.18. The van der Waals surface area contributed by atoms with Crippen molar-refractivity contribution in [2.75, 3.05) is 18.2 Å². The first kappa shape index (κ1) is 19.0. The van der Waals surface area contributed by atoms with Crippen molar-refractivity contribution in [1.82, 2.24) is 4.98 Å². The van der Waals surface area contributed by atoms with E-state index in [9.17, 15) is 9.59 Å². The predicted octanol–water partition coefficient (Wildman–Crippen LogP) is 4.53. The summed E-state index contributed by atoms with van der Waals surface area (Å²) in [6, 6.07) is 7.47. The van der Waals surface area contributed by atoms with Crippen LogP contribution in [-0.4, -0.2) is 29.7 Å². The molecule has 0 saturated carbocycles. The van der Waals surface area contributed by atoms with Gasteiger partial charge in [-0.1, -0.05) is 30.8 Å². The number of oxazole rings is 1. The molecule has 1 unspecified atom stereocenters. The van der Waals surface area contributed by atoms with E-state index in [1.807, 2.05) is 24.3 Å². The summed E-state index contributed by atoms with van der Waals surface area (Å²) >= 11 is 2.71. The summed E-state index contributed by atoms with van der Waals surface area (Å²) in [6.45, 7) is 2.20. The molecule has 4 rings (SSSR count). The highest BCUT2D eigenvalue weighted by Crippen LogP contribution is 2.40. The number of anilines is 1. The first-order valence-corrected chi connectivity index (χ1v) is 10.9. The lowest BCUT2D eigenvalue weighted by atomic mass is 9.88. The van der Waals surface area contributed by atoms with Gasteiger partial charge in [-0.25, -0.2) is 9.78 Å². The molecule has 1 amide bonds. The number of rotatable bonds is 5. The Morgan fingerprint density at radius 3 is 3.00 bits per heavy atom. The van der Waals surface area contributed by atoms with Crippen LogP contribution in [0.1, 0.15) is 34.1 Å². The van der Waals surface area contributed by atoms with Crippen molar-refractivity contribution < 1.29 is 18.7 Å². The van der Waals surface area contributed by atoms with Crippen molar-refractivity contribution in [3.63, 3.8) is 0 Å². The molecule has 1 aliphatic carbocycles. The number of para-hydroxylation sites is 2. The summed E-state index contributed by atoms with van der Waals surface area (Å²) in [5.74, 6) is 0.125. The molecule has 28 heavy (non-hydrogen) atoms. The van der Waals surface area contributed by atoms with Gasteiger partial charge in [0.05, 0.1) is 18.4 Å². The number of carbonyl (C=O) groups is 2. The number of aromatic nitrogens is 1. The molecule has 0 radical (unpaired) electrons. The molecular formula is C20H20N2O4S2. The Morgan fingerprint density at radius 2 is 2.21 bits per heavy atom. The number of thiophene rings is 1. The van der Waals surface area contributed by atoms with E-state index >= 15 is 0 Å². The molecule has 0 bridgehead atoms. The van der Waals surface area contributed by atoms with Gasteiger partial charge in [0.2, 0.25) is 5.91 Å². The molecule has 2 aromatic heterocycles. The molecule has 0 spiro atoms. The lowest BCUT2D eigenvalue weighted by Crippen LogP contribution is -2.17. The van der Waals surface area contributed by atoms with E-state index in [-0.39, 0.29) is 11.7 Å². The van der Waals surface area contributed by atoms with Crippen molar-refractivity contribution in [3.05, 3.63) is 40.3 Å². The van der Waals surface area contributed by atoms with Gasteiger partial charge in [-0.05, 0) is 42.9 Å².